The molecule has 0 spiro atoms. The quantitative estimate of drug-likeness (QED) is 0.526. The second-order valence-electron chi connectivity index (χ2n) is 6.85. The fourth-order valence-electron chi connectivity index (χ4n) is 3.18. The number of ketones is 1. The standard InChI is InChI=1S/C22H26N2O3/c1-16-6-2-3-7-17(16)11-13-23-12-5-4-8-20(25)18-9-10-21-19(14-18)24-22(26)15-27-21/h2-3,6-7,9-10,14,23H,4-5,8,11-13,15H2,1H3,(H,24,26). The SMILES string of the molecule is Cc1ccccc1CCNCCCCC(=O)c1ccc2c(c1)NC(=O)CO2. The van der Waals surface area contributed by atoms with Crippen molar-refractivity contribution in [2.45, 2.75) is 32.6 Å². The smallest absolute Gasteiger partial charge is 0.262 e. The van der Waals surface area contributed by atoms with Gasteiger partial charge in [0.25, 0.3) is 5.91 Å². The monoisotopic (exact) mass is 366 g/mol. The summed E-state index contributed by atoms with van der Waals surface area (Å²) in [6.07, 6.45) is 3.34. The number of carbonyl (C=O) groups is 2. The van der Waals surface area contributed by atoms with Gasteiger partial charge < -0.3 is 15.4 Å². The summed E-state index contributed by atoms with van der Waals surface area (Å²) in [6.45, 7) is 4.02. The lowest BCUT2D eigenvalue weighted by atomic mass is 10.0. The van der Waals surface area contributed by atoms with Crippen LogP contribution < -0.4 is 15.4 Å². The number of carbonyl (C=O) groups excluding carboxylic acids is 2. The van der Waals surface area contributed by atoms with Gasteiger partial charge in [0.15, 0.2) is 12.4 Å². The Hall–Kier alpha value is -2.66. The van der Waals surface area contributed by atoms with Gasteiger partial charge in [0.05, 0.1) is 5.69 Å². The van der Waals surface area contributed by atoms with Gasteiger partial charge in [-0.2, -0.15) is 0 Å². The van der Waals surface area contributed by atoms with E-state index < -0.39 is 0 Å². The lowest BCUT2D eigenvalue weighted by Crippen LogP contribution is -2.25. The molecule has 0 aliphatic carbocycles. The summed E-state index contributed by atoms with van der Waals surface area (Å²) in [7, 11) is 0. The maximum Gasteiger partial charge on any atom is 0.262 e. The first-order chi connectivity index (χ1) is 13.1. The van der Waals surface area contributed by atoms with Crippen molar-refractivity contribution in [1.29, 1.82) is 0 Å². The van der Waals surface area contributed by atoms with E-state index in [-0.39, 0.29) is 18.3 Å². The van der Waals surface area contributed by atoms with Crippen LogP contribution in [0.1, 0.15) is 40.7 Å². The molecule has 1 aliphatic rings. The van der Waals surface area contributed by atoms with E-state index in [9.17, 15) is 9.59 Å². The minimum atomic E-state index is -0.191. The predicted molar refractivity (Wildman–Crippen MR) is 107 cm³/mol. The Bertz CT molecular complexity index is 817. The molecular weight excluding hydrogens is 340 g/mol. The Morgan fingerprint density at radius 3 is 2.85 bits per heavy atom. The highest BCUT2D eigenvalue weighted by atomic mass is 16.5. The second-order valence-corrected chi connectivity index (χ2v) is 6.85. The van der Waals surface area contributed by atoms with E-state index in [2.05, 4.69) is 41.8 Å². The summed E-state index contributed by atoms with van der Waals surface area (Å²) >= 11 is 0. The van der Waals surface area contributed by atoms with Crippen molar-refractivity contribution in [2.24, 2.45) is 0 Å². The zero-order valence-corrected chi connectivity index (χ0v) is 15.7. The maximum absolute atomic E-state index is 12.3. The highest BCUT2D eigenvalue weighted by Gasteiger charge is 2.17. The highest BCUT2D eigenvalue weighted by molar-refractivity contribution is 6.00. The van der Waals surface area contributed by atoms with Gasteiger partial charge in [-0.15, -0.1) is 0 Å². The third-order valence-corrected chi connectivity index (χ3v) is 4.77. The molecule has 142 valence electrons. The summed E-state index contributed by atoms with van der Waals surface area (Å²) < 4.78 is 5.31. The Labute approximate surface area is 160 Å². The van der Waals surface area contributed by atoms with Gasteiger partial charge in [-0.3, -0.25) is 9.59 Å². The molecule has 1 amide bonds. The molecule has 0 atom stereocenters. The third-order valence-electron chi connectivity index (χ3n) is 4.77. The molecule has 5 nitrogen and oxygen atoms in total. The summed E-state index contributed by atoms with van der Waals surface area (Å²) in [5.41, 5.74) is 3.90. The zero-order chi connectivity index (χ0) is 19.1. The Morgan fingerprint density at radius 2 is 2.00 bits per heavy atom. The van der Waals surface area contributed by atoms with Crippen LogP contribution in [0.4, 0.5) is 5.69 Å². The minimum Gasteiger partial charge on any atom is -0.482 e. The predicted octanol–water partition coefficient (Wildman–Crippen LogP) is 3.51. The van der Waals surface area contributed by atoms with Crippen molar-refractivity contribution < 1.29 is 14.3 Å². The van der Waals surface area contributed by atoms with E-state index in [1.54, 1.807) is 18.2 Å². The third kappa shape index (κ3) is 5.41. The first-order valence-corrected chi connectivity index (χ1v) is 9.48. The normalized spacial score (nSPS) is 12.9. The van der Waals surface area contributed by atoms with Crippen molar-refractivity contribution in [3.05, 3.63) is 59.2 Å². The molecular formula is C22H26N2O3. The molecule has 0 bridgehead atoms. The van der Waals surface area contributed by atoms with Crippen molar-refractivity contribution in [3.8, 4) is 5.75 Å². The fourth-order valence-corrected chi connectivity index (χ4v) is 3.18. The molecule has 3 rings (SSSR count). The van der Waals surface area contributed by atoms with E-state index in [0.717, 1.165) is 32.4 Å². The highest BCUT2D eigenvalue weighted by Crippen LogP contribution is 2.29. The molecule has 0 unspecified atom stereocenters. The molecule has 0 fully saturated rings. The topological polar surface area (TPSA) is 67.4 Å². The number of nitrogens with one attached hydrogen (secondary N) is 2. The van der Waals surface area contributed by atoms with Crippen LogP contribution in [0.15, 0.2) is 42.5 Å². The van der Waals surface area contributed by atoms with Gasteiger partial charge >= 0.3 is 0 Å². The Balaban J connectivity index is 1.35. The number of hydrogen-bond donors (Lipinski definition) is 2. The van der Waals surface area contributed by atoms with Crippen LogP contribution in [0, 0.1) is 6.92 Å². The molecule has 0 saturated carbocycles. The molecule has 2 aromatic rings. The van der Waals surface area contributed by atoms with Crippen LogP contribution in [0.25, 0.3) is 0 Å². The summed E-state index contributed by atoms with van der Waals surface area (Å²) in [5.74, 6) is 0.519. The number of ether oxygens (including phenoxy) is 1. The van der Waals surface area contributed by atoms with Crippen molar-refractivity contribution >= 4 is 17.4 Å². The van der Waals surface area contributed by atoms with Gasteiger partial charge in [0.2, 0.25) is 0 Å². The van der Waals surface area contributed by atoms with Crippen LogP contribution in [0.3, 0.4) is 0 Å². The van der Waals surface area contributed by atoms with Crippen molar-refractivity contribution in [1.82, 2.24) is 5.32 Å². The molecule has 1 heterocycles. The average molecular weight is 366 g/mol. The molecule has 0 saturated heterocycles. The lowest BCUT2D eigenvalue weighted by Gasteiger charge is -2.18. The first kappa shape index (κ1) is 19.1. The summed E-state index contributed by atoms with van der Waals surface area (Å²) in [5, 5.41) is 6.18. The van der Waals surface area contributed by atoms with Gasteiger partial charge in [0, 0.05) is 12.0 Å². The molecule has 27 heavy (non-hydrogen) atoms. The van der Waals surface area contributed by atoms with Gasteiger partial charge in [0.1, 0.15) is 5.75 Å². The van der Waals surface area contributed by atoms with Crippen LogP contribution in [0.5, 0.6) is 5.75 Å². The van der Waals surface area contributed by atoms with Crippen molar-refractivity contribution in [2.75, 3.05) is 25.0 Å². The number of benzene rings is 2. The molecule has 2 N–H and O–H groups in total. The van der Waals surface area contributed by atoms with E-state index in [4.69, 9.17) is 4.74 Å². The van der Waals surface area contributed by atoms with Crippen LogP contribution in [-0.2, 0) is 11.2 Å². The van der Waals surface area contributed by atoms with Gasteiger partial charge in [-0.1, -0.05) is 24.3 Å². The molecule has 5 heteroatoms. The van der Waals surface area contributed by atoms with Gasteiger partial charge in [-0.05, 0) is 68.6 Å². The molecule has 2 aromatic carbocycles. The van der Waals surface area contributed by atoms with E-state index in [1.165, 1.54) is 11.1 Å². The largest absolute Gasteiger partial charge is 0.482 e. The number of unbranched alkanes of at least 4 members (excludes halogenated alkanes) is 1. The Morgan fingerprint density at radius 1 is 1.15 bits per heavy atom. The van der Waals surface area contributed by atoms with Crippen LogP contribution >= 0.6 is 0 Å². The summed E-state index contributed by atoms with van der Waals surface area (Å²) in [6, 6.07) is 13.7. The van der Waals surface area contributed by atoms with Gasteiger partial charge in [-0.25, -0.2) is 0 Å². The Kier molecular flexibility index (Phi) is 6.60. The van der Waals surface area contributed by atoms with E-state index in [0.29, 0.717) is 23.4 Å². The lowest BCUT2D eigenvalue weighted by molar-refractivity contribution is -0.118. The van der Waals surface area contributed by atoms with Crippen molar-refractivity contribution in [3.63, 3.8) is 0 Å². The number of aryl methyl sites for hydroxylation is 1. The number of hydrogen-bond acceptors (Lipinski definition) is 4. The maximum atomic E-state index is 12.3. The van der Waals surface area contributed by atoms with Crippen LogP contribution in [0.2, 0.25) is 0 Å². The average Bonchev–Trinajstić information content (AvgIpc) is 2.67. The molecule has 0 aromatic heterocycles. The number of amides is 1. The number of anilines is 1. The minimum absolute atomic E-state index is 0.0249. The van der Waals surface area contributed by atoms with E-state index in [1.807, 2.05) is 0 Å². The molecule has 0 radical (unpaired) electrons. The van der Waals surface area contributed by atoms with E-state index >= 15 is 0 Å². The summed E-state index contributed by atoms with van der Waals surface area (Å²) in [4.78, 5) is 23.7. The first-order valence-electron chi connectivity index (χ1n) is 9.48. The number of Topliss-reactive ketones (excluding diaryl/α,β-unsaturated/α-hetero) is 1. The number of rotatable bonds is 9. The second kappa shape index (κ2) is 9.33. The zero-order valence-electron chi connectivity index (χ0n) is 15.7. The molecule has 1 aliphatic heterocycles. The number of fused-ring (bicyclic) bond motifs is 1. The fraction of sp³-hybridized carbons (Fsp3) is 0.364. The van der Waals surface area contributed by atoms with Crippen LogP contribution in [-0.4, -0.2) is 31.4 Å².